The van der Waals surface area contributed by atoms with Gasteiger partial charge in [0.25, 0.3) is 10.0 Å². The topological polar surface area (TPSA) is 75.7 Å². The Hall–Kier alpha value is -3.39. The van der Waals surface area contributed by atoms with Gasteiger partial charge in [-0.1, -0.05) is 43.2 Å². The van der Waals surface area contributed by atoms with Crippen molar-refractivity contribution in [2.24, 2.45) is 0 Å². The van der Waals surface area contributed by atoms with Crippen LogP contribution in [0.15, 0.2) is 77.7 Å². The van der Waals surface area contributed by atoms with Gasteiger partial charge in [0.2, 0.25) is 5.91 Å². The number of aryl methyl sites for hydroxylation is 2. The Morgan fingerprint density at radius 2 is 1.62 bits per heavy atom. The van der Waals surface area contributed by atoms with E-state index in [1.54, 1.807) is 12.1 Å². The summed E-state index contributed by atoms with van der Waals surface area (Å²) in [6.07, 6.45) is 2.08. The molecule has 0 aliphatic rings. The van der Waals surface area contributed by atoms with E-state index in [4.69, 9.17) is 4.74 Å². The Morgan fingerprint density at radius 3 is 2.24 bits per heavy atom. The highest BCUT2D eigenvalue weighted by Crippen LogP contribution is 2.24. The van der Waals surface area contributed by atoms with E-state index in [1.807, 2.05) is 31.2 Å². The zero-order chi connectivity index (χ0) is 24.6. The molecule has 0 saturated heterocycles. The molecule has 0 atom stereocenters. The van der Waals surface area contributed by atoms with E-state index in [-0.39, 0.29) is 23.7 Å². The van der Waals surface area contributed by atoms with Crippen LogP contribution in [0.3, 0.4) is 0 Å². The number of carbonyl (C=O) groups excluding carboxylic acids is 1. The third kappa shape index (κ3) is 6.81. The van der Waals surface area contributed by atoms with Crippen molar-refractivity contribution in [3.63, 3.8) is 0 Å². The van der Waals surface area contributed by atoms with Gasteiger partial charge in [0.1, 0.15) is 24.7 Å². The molecule has 3 rings (SSSR count). The van der Waals surface area contributed by atoms with Crippen molar-refractivity contribution < 1.29 is 22.3 Å². The molecule has 0 unspecified atom stereocenters. The van der Waals surface area contributed by atoms with Gasteiger partial charge in [-0.2, -0.15) is 0 Å². The first kappa shape index (κ1) is 25.2. The quantitative estimate of drug-likeness (QED) is 0.407. The number of nitrogens with one attached hydrogen (secondary N) is 1. The van der Waals surface area contributed by atoms with Crippen LogP contribution in [0, 0.1) is 12.7 Å². The molecule has 0 radical (unpaired) electrons. The van der Waals surface area contributed by atoms with Crippen LogP contribution in [-0.2, 0) is 21.2 Å². The fourth-order valence-electron chi connectivity index (χ4n) is 3.35. The Morgan fingerprint density at radius 1 is 0.971 bits per heavy atom. The third-order valence-electron chi connectivity index (χ3n) is 5.17. The lowest BCUT2D eigenvalue weighted by Gasteiger charge is -2.24. The van der Waals surface area contributed by atoms with Gasteiger partial charge in [0.05, 0.1) is 17.1 Å². The molecule has 34 heavy (non-hydrogen) atoms. The van der Waals surface area contributed by atoms with E-state index in [2.05, 4.69) is 12.2 Å². The van der Waals surface area contributed by atoms with E-state index in [9.17, 15) is 17.6 Å². The number of benzene rings is 3. The van der Waals surface area contributed by atoms with Crippen LogP contribution in [0.25, 0.3) is 0 Å². The first-order chi connectivity index (χ1) is 16.3. The Bertz CT molecular complexity index is 1180. The summed E-state index contributed by atoms with van der Waals surface area (Å²) in [5.74, 6) is -0.299. The second-order valence-electron chi connectivity index (χ2n) is 7.89. The molecule has 0 aliphatic carbocycles. The molecule has 0 aromatic heterocycles. The molecular weight excluding hydrogens is 455 g/mol. The van der Waals surface area contributed by atoms with E-state index >= 15 is 0 Å². The molecule has 3 aromatic rings. The summed E-state index contributed by atoms with van der Waals surface area (Å²) in [6, 6.07) is 19.1. The van der Waals surface area contributed by atoms with Crippen molar-refractivity contribution in [1.29, 1.82) is 0 Å². The second-order valence-corrected chi connectivity index (χ2v) is 9.76. The van der Waals surface area contributed by atoms with Crippen LogP contribution in [0.2, 0.25) is 0 Å². The third-order valence-corrected chi connectivity index (χ3v) is 6.95. The fraction of sp³-hybridized carbons (Fsp3) is 0.269. The number of rotatable bonds is 11. The van der Waals surface area contributed by atoms with Gasteiger partial charge in [-0.15, -0.1) is 0 Å². The fourth-order valence-corrected chi connectivity index (χ4v) is 4.77. The Labute approximate surface area is 200 Å². The zero-order valence-corrected chi connectivity index (χ0v) is 20.1. The van der Waals surface area contributed by atoms with E-state index in [0.717, 1.165) is 34.8 Å². The smallest absolute Gasteiger partial charge is 0.264 e. The molecule has 1 N–H and O–H groups in total. The highest BCUT2D eigenvalue weighted by Gasteiger charge is 2.27. The van der Waals surface area contributed by atoms with Crippen LogP contribution in [-0.4, -0.2) is 34.0 Å². The molecule has 1 amide bonds. The molecule has 180 valence electrons. The standard InChI is InChI=1S/C26H29FN2O4S/c1-3-4-21-7-13-24(14-8-21)33-18-17-28-26(30)19-29(23-11-9-22(27)10-12-23)34(31,32)25-15-5-20(2)6-16-25/h5-16H,3-4,17-19H2,1-2H3,(H,28,30). The predicted molar refractivity (Wildman–Crippen MR) is 131 cm³/mol. The minimum absolute atomic E-state index is 0.0464. The van der Waals surface area contributed by atoms with Crippen LogP contribution in [0.1, 0.15) is 24.5 Å². The summed E-state index contributed by atoms with van der Waals surface area (Å²) >= 11 is 0. The molecular formula is C26H29FN2O4S. The Kier molecular flexibility index (Phi) is 8.65. The maximum absolute atomic E-state index is 13.4. The lowest BCUT2D eigenvalue weighted by molar-refractivity contribution is -0.119. The number of hydrogen-bond donors (Lipinski definition) is 1. The first-order valence-electron chi connectivity index (χ1n) is 11.1. The predicted octanol–water partition coefficient (Wildman–Crippen LogP) is 4.48. The molecule has 0 spiro atoms. The lowest BCUT2D eigenvalue weighted by Crippen LogP contribution is -2.41. The molecule has 3 aromatic carbocycles. The van der Waals surface area contributed by atoms with Crippen molar-refractivity contribution in [3.05, 3.63) is 89.7 Å². The highest BCUT2D eigenvalue weighted by atomic mass is 32.2. The molecule has 0 heterocycles. The van der Waals surface area contributed by atoms with E-state index < -0.39 is 28.3 Å². The summed E-state index contributed by atoms with van der Waals surface area (Å²) in [5.41, 5.74) is 2.34. The SMILES string of the molecule is CCCc1ccc(OCCNC(=O)CN(c2ccc(F)cc2)S(=O)(=O)c2ccc(C)cc2)cc1. The number of ether oxygens (including phenoxy) is 1. The van der Waals surface area contributed by atoms with E-state index in [0.29, 0.717) is 5.75 Å². The van der Waals surface area contributed by atoms with Gasteiger partial charge >= 0.3 is 0 Å². The van der Waals surface area contributed by atoms with Gasteiger partial charge < -0.3 is 10.1 Å². The normalized spacial score (nSPS) is 11.1. The maximum Gasteiger partial charge on any atom is 0.264 e. The Balaban J connectivity index is 1.64. The summed E-state index contributed by atoms with van der Waals surface area (Å²) < 4.78 is 46.6. The van der Waals surface area contributed by atoms with Crippen LogP contribution in [0.5, 0.6) is 5.75 Å². The van der Waals surface area contributed by atoms with Gasteiger partial charge in [-0.3, -0.25) is 9.10 Å². The van der Waals surface area contributed by atoms with Crippen molar-refractivity contribution >= 4 is 21.6 Å². The van der Waals surface area contributed by atoms with Gasteiger partial charge in [0.15, 0.2) is 0 Å². The summed E-state index contributed by atoms with van der Waals surface area (Å²) in [6.45, 7) is 3.96. The number of hydrogen-bond acceptors (Lipinski definition) is 4. The lowest BCUT2D eigenvalue weighted by atomic mass is 10.1. The molecule has 8 heteroatoms. The first-order valence-corrected chi connectivity index (χ1v) is 12.6. The van der Waals surface area contributed by atoms with Crippen molar-refractivity contribution in [2.75, 3.05) is 24.0 Å². The summed E-state index contributed by atoms with van der Waals surface area (Å²) in [4.78, 5) is 12.7. The highest BCUT2D eigenvalue weighted by molar-refractivity contribution is 7.92. The average molecular weight is 485 g/mol. The number of carbonyl (C=O) groups is 1. The number of amides is 1. The van der Waals surface area contributed by atoms with Gasteiger partial charge in [-0.25, -0.2) is 12.8 Å². The average Bonchev–Trinajstić information content (AvgIpc) is 2.82. The second kappa shape index (κ2) is 11.7. The number of halogens is 1. The van der Waals surface area contributed by atoms with Crippen LogP contribution >= 0.6 is 0 Å². The number of anilines is 1. The molecule has 0 bridgehead atoms. The number of nitrogens with zero attached hydrogens (tertiary/aromatic N) is 1. The molecule has 6 nitrogen and oxygen atoms in total. The van der Waals surface area contributed by atoms with Crippen molar-refractivity contribution in [2.45, 2.75) is 31.6 Å². The molecule has 0 aliphatic heterocycles. The van der Waals surface area contributed by atoms with Crippen LogP contribution < -0.4 is 14.4 Å². The maximum atomic E-state index is 13.4. The summed E-state index contributed by atoms with van der Waals surface area (Å²) in [5, 5.41) is 2.68. The van der Waals surface area contributed by atoms with E-state index in [1.165, 1.54) is 29.8 Å². The zero-order valence-electron chi connectivity index (χ0n) is 19.3. The molecule has 0 saturated carbocycles. The van der Waals surface area contributed by atoms with Gasteiger partial charge in [-0.05, 0) is 67.4 Å². The summed E-state index contributed by atoms with van der Waals surface area (Å²) in [7, 11) is -4.04. The largest absolute Gasteiger partial charge is 0.492 e. The molecule has 0 fully saturated rings. The van der Waals surface area contributed by atoms with Crippen molar-refractivity contribution in [1.82, 2.24) is 5.32 Å². The van der Waals surface area contributed by atoms with Crippen LogP contribution in [0.4, 0.5) is 10.1 Å². The monoisotopic (exact) mass is 484 g/mol. The minimum atomic E-state index is -4.04. The number of sulfonamides is 1. The minimum Gasteiger partial charge on any atom is -0.492 e. The van der Waals surface area contributed by atoms with Gasteiger partial charge in [0, 0.05) is 0 Å². The van der Waals surface area contributed by atoms with Crippen molar-refractivity contribution in [3.8, 4) is 5.75 Å².